The Hall–Kier alpha value is -5.13. The van der Waals surface area contributed by atoms with Crippen LogP contribution in [0.5, 0.6) is 11.5 Å². The first-order valence-electron chi connectivity index (χ1n) is 12.3. The van der Waals surface area contributed by atoms with Gasteiger partial charge in [0.1, 0.15) is 28.9 Å². The number of aromatic nitrogens is 5. The smallest absolute Gasteiger partial charge is 0.222 e. The van der Waals surface area contributed by atoms with Crippen LogP contribution in [0, 0.1) is 11.6 Å². The van der Waals surface area contributed by atoms with E-state index in [1.807, 2.05) is 18.2 Å². The topological polar surface area (TPSA) is 116 Å². The van der Waals surface area contributed by atoms with Crippen molar-refractivity contribution in [2.24, 2.45) is 0 Å². The Kier molecular flexibility index (Phi) is 7.49. The molecule has 0 atom stereocenters. The van der Waals surface area contributed by atoms with Gasteiger partial charge in [0.25, 0.3) is 0 Å². The molecule has 0 saturated heterocycles. The summed E-state index contributed by atoms with van der Waals surface area (Å²) in [7, 11) is 1.49. The number of ether oxygens (including phenoxy) is 2. The molecule has 10 nitrogen and oxygen atoms in total. The molecule has 0 unspecified atom stereocenters. The molecule has 12 heteroatoms. The molecule has 0 bridgehead atoms. The molecular weight excluding hydrogens is 520 g/mol. The summed E-state index contributed by atoms with van der Waals surface area (Å²) in [5.74, 6) is -0.248. The number of carbonyl (C=O) groups excluding carboxylic acids is 1. The normalized spacial score (nSPS) is 10.9. The van der Waals surface area contributed by atoms with Crippen LogP contribution < -0.4 is 20.1 Å². The van der Waals surface area contributed by atoms with E-state index in [1.54, 1.807) is 25.1 Å². The molecule has 3 aromatic heterocycles. The fourth-order valence-electron chi connectivity index (χ4n) is 4.16. The van der Waals surface area contributed by atoms with Crippen molar-refractivity contribution >= 4 is 34.1 Å². The number of nitrogens with one attached hydrogen (secondary N) is 2. The van der Waals surface area contributed by atoms with Crippen molar-refractivity contribution in [2.75, 3.05) is 24.4 Å². The maximum absolute atomic E-state index is 14.9. The van der Waals surface area contributed by atoms with Crippen LogP contribution in [0.2, 0.25) is 0 Å². The van der Waals surface area contributed by atoms with E-state index in [1.165, 1.54) is 31.1 Å². The quantitative estimate of drug-likeness (QED) is 0.256. The highest BCUT2D eigenvalue weighted by Gasteiger charge is 2.20. The van der Waals surface area contributed by atoms with Crippen LogP contribution in [-0.4, -0.2) is 44.4 Å². The lowest BCUT2D eigenvalue weighted by atomic mass is 10.1. The van der Waals surface area contributed by atoms with Crippen molar-refractivity contribution in [1.82, 2.24) is 24.7 Å². The first-order valence-corrected chi connectivity index (χ1v) is 12.3. The number of amides is 1. The summed E-state index contributed by atoms with van der Waals surface area (Å²) in [6.45, 7) is 3.27. The zero-order valence-electron chi connectivity index (χ0n) is 21.9. The minimum Gasteiger partial charge on any atom is -0.494 e. The van der Waals surface area contributed by atoms with Crippen LogP contribution in [0.1, 0.15) is 19.4 Å². The number of benzene rings is 2. The van der Waals surface area contributed by atoms with E-state index >= 15 is 0 Å². The Bertz CT molecular complexity index is 1680. The molecule has 0 spiro atoms. The Labute approximate surface area is 228 Å². The third-order valence-corrected chi connectivity index (χ3v) is 5.91. The Morgan fingerprint density at radius 2 is 1.85 bits per heavy atom. The van der Waals surface area contributed by atoms with Gasteiger partial charge in [0.05, 0.1) is 32.0 Å². The summed E-state index contributed by atoms with van der Waals surface area (Å²) in [5, 5.41) is 11.1. The summed E-state index contributed by atoms with van der Waals surface area (Å²) >= 11 is 0. The summed E-state index contributed by atoms with van der Waals surface area (Å²) in [4.78, 5) is 24.6. The minimum absolute atomic E-state index is 0.123. The van der Waals surface area contributed by atoms with Gasteiger partial charge in [-0.05, 0) is 19.1 Å². The van der Waals surface area contributed by atoms with E-state index in [0.29, 0.717) is 46.3 Å². The predicted molar refractivity (Wildman–Crippen MR) is 146 cm³/mol. The standard InChI is InChI=1S/C28H25F2N7O3/c1-4-40-18-12-21(29)20(22(30)13-18)15-37-23-8-6-5-7-19(23)26(36-37)28-32-14-24(39-3)27(35-28)34-17-9-10-31-25(11-17)33-16(2)38/h5-14H,4,15H2,1-3H3,(H2,31,32,33,34,35,38). The van der Waals surface area contributed by atoms with Gasteiger partial charge in [0.15, 0.2) is 17.4 Å². The fourth-order valence-corrected chi connectivity index (χ4v) is 4.16. The third kappa shape index (κ3) is 5.51. The predicted octanol–water partition coefficient (Wildman–Crippen LogP) is 5.32. The van der Waals surface area contributed by atoms with Crippen molar-refractivity contribution in [3.05, 3.63) is 78.1 Å². The van der Waals surface area contributed by atoms with E-state index in [0.717, 1.165) is 12.1 Å². The van der Waals surface area contributed by atoms with Crippen molar-refractivity contribution in [3.8, 4) is 23.0 Å². The van der Waals surface area contributed by atoms with E-state index in [2.05, 4.69) is 30.7 Å². The van der Waals surface area contributed by atoms with Crippen LogP contribution >= 0.6 is 0 Å². The molecule has 0 fully saturated rings. The van der Waals surface area contributed by atoms with Crippen LogP contribution in [-0.2, 0) is 11.3 Å². The van der Waals surface area contributed by atoms with Crippen LogP contribution in [0.25, 0.3) is 22.4 Å². The fraction of sp³-hybridized carbons (Fsp3) is 0.179. The van der Waals surface area contributed by atoms with Gasteiger partial charge in [-0.15, -0.1) is 0 Å². The SMILES string of the molecule is CCOc1cc(F)c(Cn2nc(-c3ncc(OC)c(Nc4ccnc(NC(C)=O)c4)n3)c3ccccc32)c(F)c1. The zero-order chi connectivity index (χ0) is 28.2. The highest BCUT2D eigenvalue weighted by Crippen LogP contribution is 2.32. The number of hydrogen-bond donors (Lipinski definition) is 2. The number of nitrogens with zero attached hydrogens (tertiary/aromatic N) is 5. The monoisotopic (exact) mass is 545 g/mol. The number of anilines is 3. The second-order valence-electron chi connectivity index (χ2n) is 8.67. The van der Waals surface area contributed by atoms with Crippen molar-refractivity contribution in [2.45, 2.75) is 20.4 Å². The largest absolute Gasteiger partial charge is 0.494 e. The molecule has 40 heavy (non-hydrogen) atoms. The average molecular weight is 546 g/mol. The molecule has 3 heterocycles. The molecule has 2 N–H and O–H groups in total. The summed E-state index contributed by atoms with van der Waals surface area (Å²) in [6, 6.07) is 13.0. The van der Waals surface area contributed by atoms with E-state index in [4.69, 9.17) is 9.47 Å². The van der Waals surface area contributed by atoms with Crippen molar-refractivity contribution in [1.29, 1.82) is 0 Å². The van der Waals surface area contributed by atoms with Gasteiger partial charge in [0.2, 0.25) is 5.91 Å². The molecule has 0 aliphatic rings. The molecule has 5 aromatic rings. The number of methoxy groups -OCH3 is 1. The lowest BCUT2D eigenvalue weighted by Gasteiger charge is -2.11. The highest BCUT2D eigenvalue weighted by atomic mass is 19.1. The van der Waals surface area contributed by atoms with Gasteiger partial charge in [0, 0.05) is 48.0 Å². The maximum atomic E-state index is 14.9. The molecular formula is C28H25F2N7O3. The average Bonchev–Trinajstić information content (AvgIpc) is 3.29. The number of fused-ring (bicyclic) bond motifs is 1. The van der Waals surface area contributed by atoms with Crippen LogP contribution in [0.4, 0.5) is 26.1 Å². The zero-order valence-corrected chi connectivity index (χ0v) is 21.9. The number of rotatable bonds is 9. The summed E-state index contributed by atoms with van der Waals surface area (Å²) in [6.07, 6.45) is 3.04. The number of hydrogen-bond acceptors (Lipinski definition) is 8. The molecule has 204 valence electrons. The number of pyridine rings is 1. The first-order chi connectivity index (χ1) is 19.4. The molecule has 0 saturated carbocycles. The van der Waals surface area contributed by atoms with Crippen molar-refractivity contribution in [3.63, 3.8) is 0 Å². The van der Waals surface area contributed by atoms with Gasteiger partial charge < -0.3 is 20.1 Å². The van der Waals surface area contributed by atoms with E-state index in [9.17, 15) is 13.6 Å². The van der Waals surface area contributed by atoms with Gasteiger partial charge >= 0.3 is 0 Å². The third-order valence-electron chi connectivity index (χ3n) is 5.91. The molecule has 0 radical (unpaired) electrons. The van der Waals surface area contributed by atoms with Gasteiger partial charge in [-0.25, -0.2) is 23.7 Å². The Balaban J connectivity index is 1.53. The first kappa shape index (κ1) is 26.5. The number of halogens is 2. The molecule has 0 aliphatic carbocycles. The highest BCUT2D eigenvalue weighted by molar-refractivity contribution is 5.92. The second-order valence-corrected chi connectivity index (χ2v) is 8.67. The van der Waals surface area contributed by atoms with Gasteiger partial charge in [-0.3, -0.25) is 9.48 Å². The Morgan fingerprint density at radius 3 is 2.58 bits per heavy atom. The molecule has 1 amide bonds. The Morgan fingerprint density at radius 1 is 1.07 bits per heavy atom. The summed E-state index contributed by atoms with van der Waals surface area (Å²) < 4.78 is 41.9. The second kappa shape index (κ2) is 11.3. The molecule has 0 aliphatic heterocycles. The maximum Gasteiger partial charge on any atom is 0.222 e. The van der Waals surface area contributed by atoms with E-state index in [-0.39, 0.29) is 29.6 Å². The van der Waals surface area contributed by atoms with Crippen LogP contribution in [0.3, 0.4) is 0 Å². The van der Waals surface area contributed by atoms with Crippen molar-refractivity contribution < 1.29 is 23.0 Å². The minimum atomic E-state index is -0.729. The lowest BCUT2D eigenvalue weighted by molar-refractivity contribution is -0.114. The van der Waals surface area contributed by atoms with Crippen LogP contribution in [0.15, 0.2) is 60.9 Å². The molecule has 2 aromatic carbocycles. The number of para-hydroxylation sites is 1. The van der Waals surface area contributed by atoms with Gasteiger partial charge in [-0.1, -0.05) is 18.2 Å². The molecule has 5 rings (SSSR count). The van der Waals surface area contributed by atoms with Gasteiger partial charge in [-0.2, -0.15) is 5.10 Å². The van der Waals surface area contributed by atoms with E-state index < -0.39 is 11.6 Å². The lowest BCUT2D eigenvalue weighted by Crippen LogP contribution is -2.08. The summed E-state index contributed by atoms with van der Waals surface area (Å²) in [5.41, 5.74) is 1.52. The number of carbonyl (C=O) groups is 1.